The number of nitrogens with zero attached hydrogens (tertiary/aromatic N) is 1. The van der Waals surface area contributed by atoms with E-state index in [1.54, 1.807) is 24.3 Å². The highest BCUT2D eigenvalue weighted by atomic mass is 16.7. The highest BCUT2D eigenvalue weighted by Crippen LogP contribution is 2.41. The van der Waals surface area contributed by atoms with Crippen LogP contribution in [0, 0.1) is 5.41 Å². The van der Waals surface area contributed by atoms with Gasteiger partial charge in [0.2, 0.25) is 6.79 Å². The van der Waals surface area contributed by atoms with E-state index in [0.29, 0.717) is 43.4 Å². The minimum absolute atomic E-state index is 0.0235. The van der Waals surface area contributed by atoms with Crippen LogP contribution >= 0.6 is 0 Å². The van der Waals surface area contributed by atoms with Gasteiger partial charge < -0.3 is 23.8 Å². The number of hydrogen-bond acceptors (Lipinski definition) is 5. The average Bonchev–Trinajstić information content (AvgIpc) is 3.15. The van der Waals surface area contributed by atoms with E-state index in [4.69, 9.17) is 18.9 Å². The van der Waals surface area contributed by atoms with E-state index >= 15 is 0 Å². The lowest BCUT2D eigenvalue weighted by molar-refractivity contribution is -0.144. The quantitative estimate of drug-likeness (QED) is 0.598. The number of rotatable bonds is 5. The molecule has 2 fully saturated rings. The van der Waals surface area contributed by atoms with Crippen LogP contribution in [0.3, 0.4) is 0 Å². The summed E-state index contributed by atoms with van der Waals surface area (Å²) in [5.41, 5.74) is 0.498. The van der Waals surface area contributed by atoms with Gasteiger partial charge in [-0.1, -0.05) is 6.08 Å². The fourth-order valence-electron chi connectivity index (χ4n) is 4.23. The van der Waals surface area contributed by atoms with Crippen molar-refractivity contribution in [2.75, 3.05) is 39.7 Å². The maximum absolute atomic E-state index is 13.1. The molecular formula is C20H25NO5. The lowest BCUT2D eigenvalue weighted by atomic mass is 9.73. The van der Waals surface area contributed by atoms with E-state index in [9.17, 15) is 4.79 Å². The van der Waals surface area contributed by atoms with Gasteiger partial charge in [0.15, 0.2) is 11.5 Å². The molecule has 3 heterocycles. The molecule has 3 aliphatic rings. The summed E-state index contributed by atoms with van der Waals surface area (Å²) in [6, 6.07) is 5.38. The molecule has 1 amide bonds. The van der Waals surface area contributed by atoms with Crippen molar-refractivity contribution < 1.29 is 23.7 Å². The van der Waals surface area contributed by atoms with Crippen molar-refractivity contribution in [1.82, 2.24) is 4.90 Å². The van der Waals surface area contributed by atoms with Gasteiger partial charge in [0, 0.05) is 30.7 Å². The van der Waals surface area contributed by atoms with Crippen molar-refractivity contribution in [1.29, 1.82) is 0 Å². The van der Waals surface area contributed by atoms with Gasteiger partial charge in [0.25, 0.3) is 5.91 Å². The van der Waals surface area contributed by atoms with Crippen LogP contribution in [0.15, 0.2) is 30.9 Å². The lowest BCUT2D eigenvalue weighted by Gasteiger charge is -2.50. The van der Waals surface area contributed by atoms with Gasteiger partial charge in [0.1, 0.15) is 0 Å². The maximum Gasteiger partial charge on any atom is 0.254 e. The molecule has 1 aromatic rings. The van der Waals surface area contributed by atoms with Crippen LogP contribution < -0.4 is 9.47 Å². The van der Waals surface area contributed by atoms with E-state index in [-0.39, 0.29) is 24.2 Å². The van der Waals surface area contributed by atoms with Crippen molar-refractivity contribution in [3.05, 3.63) is 36.4 Å². The fourth-order valence-corrected chi connectivity index (χ4v) is 4.23. The number of piperidine rings is 1. The Morgan fingerprint density at radius 3 is 3.15 bits per heavy atom. The second kappa shape index (κ2) is 7.29. The smallest absolute Gasteiger partial charge is 0.254 e. The third-order valence-electron chi connectivity index (χ3n) is 5.52. The Morgan fingerprint density at radius 2 is 2.27 bits per heavy atom. The van der Waals surface area contributed by atoms with Crippen molar-refractivity contribution in [2.24, 2.45) is 5.41 Å². The Balaban J connectivity index is 1.51. The lowest BCUT2D eigenvalue weighted by Crippen LogP contribution is -2.58. The van der Waals surface area contributed by atoms with E-state index in [0.717, 1.165) is 25.9 Å². The third-order valence-corrected chi connectivity index (χ3v) is 5.52. The monoisotopic (exact) mass is 359 g/mol. The zero-order valence-corrected chi connectivity index (χ0v) is 14.9. The minimum atomic E-state index is -0.133. The predicted octanol–water partition coefficient (Wildman–Crippen LogP) is 2.63. The van der Waals surface area contributed by atoms with E-state index in [2.05, 4.69) is 6.58 Å². The van der Waals surface area contributed by atoms with Crippen molar-refractivity contribution in [2.45, 2.75) is 25.4 Å². The zero-order chi connectivity index (χ0) is 18.0. The van der Waals surface area contributed by atoms with Gasteiger partial charge in [-0.15, -0.1) is 6.58 Å². The van der Waals surface area contributed by atoms with Crippen LogP contribution in [0.2, 0.25) is 0 Å². The highest BCUT2D eigenvalue weighted by Gasteiger charge is 2.47. The van der Waals surface area contributed by atoms with Crippen molar-refractivity contribution in [3.63, 3.8) is 0 Å². The summed E-state index contributed by atoms with van der Waals surface area (Å²) in [6.07, 6.45) is 4.77. The van der Waals surface area contributed by atoms with E-state index in [1.807, 2.05) is 4.90 Å². The number of carbonyl (C=O) groups is 1. The molecule has 0 aliphatic carbocycles. The Kier molecular flexibility index (Phi) is 4.87. The van der Waals surface area contributed by atoms with Gasteiger partial charge in [-0.25, -0.2) is 0 Å². The Labute approximate surface area is 153 Å². The summed E-state index contributed by atoms with van der Waals surface area (Å²) in [5.74, 6) is 1.35. The molecule has 3 aliphatic heterocycles. The molecule has 0 bridgehead atoms. The normalized spacial score (nSPS) is 27.1. The number of likely N-dealkylation sites (tertiary alicyclic amines) is 1. The number of benzene rings is 1. The molecule has 0 unspecified atom stereocenters. The number of fused-ring (bicyclic) bond motifs is 2. The van der Waals surface area contributed by atoms with E-state index in [1.165, 1.54) is 0 Å². The fraction of sp³-hybridized carbons (Fsp3) is 0.550. The van der Waals surface area contributed by atoms with Crippen LogP contribution in [0.25, 0.3) is 0 Å². The van der Waals surface area contributed by atoms with Gasteiger partial charge in [0.05, 0.1) is 19.3 Å². The van der Waals surface area contributed by atoms with Gasteiger partial charge >= 0.3 is 0 Å². The Morgan fingerprint density at radius 1 is 1.38 bits per heavy atom. The predicted molar refractivity (Wildman–Crippen MR) is 95.5 cm³/mol. The maximum atomic E-state index is 13.1. The SMILES string of the molecule is C=CCOC[C@]12CCCO[C@@H]1CCN(C(=O)c1ccc3c(c1)OCO3)C2. The topological polar surface area (TPSA) is 57.2 Å². The molecule has 0 saturated carbocycles. The molecule has 0 aromatic heterocycles. The largest absolute Gasteiger partial charge is 0.454 e. The van der Waals surface area contributed by atoms with Crippen molar-refractivity contribution >= 4 is 5.91 Å². The third kappa shape index (κ3) is 3.19. The Bertz CT molecular complexity index is 691. The molecule has 140 valence electrons. The highest BCUT2D eigenvalue weighted by molar-refractivity contribution is 5.95. The second-order valence-corrected chi connectivity index (χ2v) is 7.21. The minimum Gasteiger partial charge on any atom is -0.454 e. The van der Waals surface area contributed by atoms with Crippen molar-refractivity contribution in [3.8, 4) is 11.5 Å². The molecule has 0 N–H and O–H groups in total. The number of carbonyl (C=O) groups excluding carboxylic acids is 1. The molecule has 2 saturated heterocycles. The van der Waals surface area contributed by atoms with Crippen LogP contribution in [0.5, 0.6) is 11.5 Å². The summed E-state index contributed by atoms with van der Waals surface area (Å²) in [5, 5.41) is 0. The summed E-state index contributed by atoms with van der Waals surface area (Å²) in [7, 11) is 0. The number of amides is 1. The zero-order valence-electron chi connectivity index (χ0n) is 14.9. The first-order chi connectivity index (χ1) is 12.7. The van der Waals surface area contributed by atoms with Crippen LogP contribution in [0.1, 0.15) is 29.6 Å². The molecule has 6 nitrogen and oxygen atoms in total. The molecule has 26 heavy (non-hydrogen) atoms. The summed E-state index contributed by atoms with van der Waals surface area (Å²) in [6.45, 7) is 7.18. The van der Waals surface area contributed by atoms with Gasteiger partial charge in [-0.05, 0) is 37.5 Å². The molecular weight excluding hydrogens is 334 g/mol. The molecule has 1 aromatic carbocycles. The number of hydrogen-bond donors (Lipinski definition) is 0. The summed E-state index contributed by atoms with van der Waals surface area (Å²) >= 11 is 0. The average molecular weight is 359 g/mol. The van der Waals surface area contributed by atoms with Crippen LogP contribution in [-0.4, -0.2) is 56.6 Å². The molecule has 6 heteroatoms. The Hall–Kier alpha value is -2.05. The molecule has 4 rings (SSSR count). The second-order valence-electron chi connectivity index (χ2n) is 7.21. The number of ether oxygens (including phenoxy) is 4. The first-order valence-electron chi connectivity index (χ1n) is 9.21. The standard InChI is InChI=1S/C20H25NO5/c1-2-9-23-13-20-7-3-10-24-18(20)6-8-21(12-20)19(22)15-4-5-16-17(11-15)26-14-25-16/h2,4-5,11,18H,1,3,6-10,12-14H2/t18-,20-/m1/s1. The summed E-state index contributed by atoms with van der Waals surface area (Å²) in [4.78, 5) is 15.0. The first-order valence-corrected chi connectivity index (χ1v) is 9.21. The molecule has 2 atom stereocenters. The molecule has 0 spiro atoms. The van der Waals surface area contributed by atoms with Gasteiger partial charge in [-0.2, -0.15) is 0 Å². The first kappa shape index (κ1) is 17.4. The van der Waals surface area contributed by atoms with Crippen LogP contribution in [0.4, 0.5) is 0 Å². The van der Waals surface area contributed by atoms with Gasteiger partial charge in [-0.3, -0.25) is 4.79 Å². The molecule has 0 radical (unpaired) electrons. The van der Waals surface area contributed by atoms with Crippen LogP contribution in [-0.2, 0) is 9.47 Å². The summed E-state index contributed by atoms with van der Waals surface area (Å²) < 4.78 is 22.6. The van der Waals surface area contributed by atoms with E-state index < -0.39 is 0 Å².